The lowest BCUT2D eigenvalue weighted by atomic mass is 10.1. The van der Waals surface area contributed by atoms with E-state index in [9.17, 15) is 4.79 Å². The highest BCUT2D eigenvalue weighted by molar-refractivity contribution is 8.00. The molecule has 0 atom stereocenters. The molecule has 2 heterocycles. The minimum atomic E-state index is -0.248. The standard InChI is InChI=1S/C20H17N3O2S3/c1-12-22-23-20(28-12)27-11-14-13-7-3-5-9-16(13)25-18(14)19(24)21-15-8-4-6-10-17(15)26-2/h3-10H,11H2,1-2H3,(H,21,24). The van der Waals surface area contributed by atoms with Crippen molar-refractivity contribution in [1.29, 1.82) is 0 Å². The van der Waals surface area contributed by atoms with Crippen LogP contribution in [0.4, 0.5) is 5.69 Å². The molecular formula is C20H17N3O2S3. The normalized spacial score (nSPS) is 11.1. The summed E-state index contributed by atoms with van der Waals surface area (Å²) >= 11 is 4.69. The first-order valence-corrected chi connectivity index (χ1v) is 11.6. The van der Waals surface area contributed by atoms with Gasteiger partial charge in [0.25, 0.3) is 5.91 Å². The van der Waals surface area contributed by atoms with Crippen LogP contribution in [0.1, 0.15) is 21.1 Å². The summed E-state index contributed by atoms with van der Waals surface area (Å²) in [5.74, 6) is 0.672. The van der Waals surface area contributed by atoms with Gasteiger partial charge in [-0.05, 0) is 31.4 Å². The molecule has 4 aromatic rings. The Labute approximate surface area is 174 Å². The van der Waals surface area contributed by atoms with Gasteiger partial charge >= 0.3 is 0 Å². The topological polar surface area (TPSA) is 68.0 Å². The van der Waals surface area contributed by atoms with Crippen LogP contribution in [0.5, 0.6) is 0 Å². The van der Waals surface area contributed by atoms with Gasteiger partial charge in [-0.15, -0.1) is 22.0 Å². The summed E-state index contributed by atoms with van der Waals surface area (Å²) in [6.45, 7) is 1.93. The number of aromatic nitrogens is 2. The van der Waals surface area contributed by atoms with Crippen molar-refractivity contribution < 1.29 is 9.21 Å². The fraction of sp³-hybridized carbons (Fsp3) is 0.150. The van der Waals surface area contributed by atoms with Crippen LogP contribution >= 0.6 is 34.9 Å². The Balaban J connectivity index is 1.66. The maximum absolute atomic E-state index is 13.0. The Kier molecular flexibility index (Phi) is 5.70. The molecule has 28 heavy (non-hydrogen) atoms. The molecule has 0 aliphatic heterocycles. The molecule has 4 rings (SSSR count). The van der Waals surface area contributed by atoms with Gasteiger partial charge in [0.15, 0.2) is 10.1 Å². The van der Waals surface area contributed by atoms with E-state index in [4.69, 9.17) is 4.42 Å². The summed E-state index contributed by atoms with van der Waals surface area (Å²) in [6.07, 6.45) is 1.98. The molecular weight excluding hydrogens is 410 g/mol. The predicted molar refractivity (Wildman–Crippen MR) is 117 cm³/mol. The van der Waals surface area contributed by atoms with Gasteiger partial charge in [-0.2, -0.15) is 0 Å². The molecule has 8 heteroatoms. The number of rotatable bonds is 6. The summed E-state index contributed by atoms with van der Waals surface area (Å²) in [5.41, 5.74) is 2.35. The maximum Gasteiger partial charge on any atom is 0.291 e. The van der Waals surface area contributed by atoms with E-state index in [2.05, 4.69) is 15.5 Å². The third-order valence-electron chi connectivity index (χ3n) is 4.11. The summed E-state index contributed by atoms with van der Waals surface area (Å²) < 4.78 is 6.81. The van der Waals surface area contributed by atoms with E-state index < -0.39 is 0 Å². The third kappa shape index (κ3) is 3.94. The Morgan fingerprint density at radius 3 is 2.71 bits per heavy atom. The summed E-state index contributed by atoms with van der Waals surface area (Å²) in [6, 6.07) is 15.4. The van der Waals surface area contributed by atoms with Crippen LogP contribution in [0, 0.1) is 6.92 Å². The molecule has 0 aliphatic rings. The second kappa shape index (κ2) is 8.38. The van der Waals surface area contributed by atoms with Gasteiger partial charge in [0.2, 0.25) is 0 Å². The summed E-state index contributed by atoms with van der Waals surface area (Å²) in [5, 5.41) is 13.1. The first kappa shape index (κ1) is 19.0. The number of benzene rings is 2. The number of hydrogen-bond donors (Lipinski definition) is 1. The van der Waals surface area contributed by atoms with Gasteiger partial charge < -0.3 is 9.73 Å². The molecule has 0 radical (unpaired) electrons. The SMILES string of the molecule is CSc1ccccc1NC(=O)c1oc2ccccc2c1CSc1nnc(C)s1. The third-order valence-corrected chi connectivity index (χ3v) is 6.90. The number of para-hydroxylation sites is 2. The zero-order valence-corrected chi connectivity index (χ0v) is 17.7. The van der Waals surface area contributed by atoms with E-state index in [1.54, 1.807) is 34.9 Å². The molecule has 2 aromatic carbocycles. The number of nitrogens with one attached hydrogen (secondary N) is 1. The van der Waals surface area contributed by atoms with Gasteiger partial charge in [0, 0.05) is 21.6 Å². The van der Waals surface area contributed by atoms with Crippen molar-refractivity contribution in [3.05, 3.63) is 64.9 Å². The average Bonchev–Trinajstić information content (AvgIpc) is 3.30. The van der Waals surface area contributed by atoms with Crippen molar-refractivity contribution in [2.75, 3.05) is 11.6 Å². The number of carbonyl (C=O) groups excluding carboxylic acids is 1. The van der Waals surface area contributed by atoms with Crippen LogP contribution < -0.4 is 5.32 Å². The second-order valence-electron chi connectivity index (χ2n) is 5.94. The number of hydrogen-bond acceptors (Lipinski definition) is 7. The van der Waals surface area contributed by atoms with Crippen LogP contribution in [-0.4, -0.2) is 22.4 Å². The number of thioether (sulfide) groups is 2. The molecule has 0 aliphatic carbocycles. The number of fused-ring (bicyclic) bond motifs is 1. The summed E-state index contributed by atoms with van der Waals surface area (Å²) in [4.78, 5) is 14.0. The lowest BCUT2D eigenvalue weighted by Gasteiger charge is -2.08. The first-order chi connectivity index (χ1) is 13.7. The van der Waals surface area contributed by atoms with Crippen LogP contribution in [0.3, 0.4) is 0 Å². The van der Waals surface area contributed by atoms with E-state index in [1.165, 1.54) is 0 Å². The fourth-order valence-corrected chi connectivity index (χ4v) is 5.22. The largest absolute Gasteiger partial charge is 0.451 e. The van der Waals surface area contributed by atoms with Crippen LogP contribution in [0.25, 0.3) is 11.0 Å². The molecule has 1 N–H and O–H groups in total. The smallest absolute Gasteiger partial charge is 0.291 e. The Bertz CT molecular complexity index is 1140. The molecule has 142 valence electrons. The minimum Gasteiger partial charge on any atom is -0.451 e. The number of amides is 1. The fourth-order valence-electron chi connectivity index (χ4n) is 2.82. The van der Waals surface area contributed by atoms with Gasteiger partial charge in [-0.1, -0.05) is 53.4 Å². The monoisotopic (exact) mass is 427 g/mol. The van der Waals surface area contributed by atoms with E-state index >= 15 is 0 Å². The number of carbonyl (C=O) groups is 1. The summed E-state index contributed by atoms with van der Waals surface area (Å²) in [7, 11) is 0. The van der Waals surface area contributed by atoms with Crippen molar-refractivity contribution in [2.24, 2.45) is 0 Å². The number of anilines is 1. The van der Waals surface area contributed by atoms with Gasteiger partial charge in [0.1, 0.15) is 10.6 Å². The lowest BCUT2D eigenvalue weighted by molar-refractivity contribution is 0.0997. The zero-order valence-electron chi connectivity index (χ0n) is 15.3. The molecule has 5 nitrogen and oxygen atoms in total. The molecule has 0 unspecified atom stereocenters. The Morgan fingerprint density at radius 2 is 1.93 bits per heavy atom. The average molecular weight is 428 g/mol. The van der Waals surface area contributed by atoms with E-state index in [1.807, 2.05) is 61.7 Å². The highest BCUT2D eigenvalue weighted by Crippen LogP contribution is 2.34. The van der Waals surface area contributed by atoms with E-state index in [0.717, 1.165) is 30.9 Å². The van der Waals surface area contributed by atoms with Crippen molar-refractivity contribution in [2.45, 2.75) is 21.9 Å². The molecule has 0 bridgehead atoms. The van der Waals surface area contributed by atoms with Crippen molar-refractivity contribution in [3.8, 4) is 0 Å². The number of furan rings is 1. The minimum absolute atomic E-state index is 0.248. The highest BCUT2D eigenvalue weighted by Gasteiger charge is 2.22. The van der Waals surface area contributed by atoms with Crippen LogP contribution in [0.15, 0.2) is 62.2 Å². The zero-order chi connectivity index (χ0) is 19.5. The van der Waals surface area contributed by atoms with Crippen LogP contribution in [0.2, 0.25) is 0 Å². The number of aryl methyl sites for hydroxylation is 1. The van der Waals surface area contributed by atoms with E-state index in [0.29, 0.717) is 17.1 Å². The first-order valence-electron chi connectivity index (χ1n) is 8.53. The van der Waals surface area contributed by atoms with Gasteiger partial charge in [-0.3, -0.25) is 4.79 Å². The molecule has 0 spiro atoms. The highest BCUT2D eigenvalue weighted by atomic mass is 32.2. The molecule has 1 amide bonds. The van der Waals surface area contributed by atoms with Gasteiger partial charge in [0.05, 0.1) is 5.69 Å². The molecule has 2 aromatic heterocycles. The van der Waals surface area contributed by atoms with Crippen molar-refractivity contribution >= 4 is 57.4 Å². The van der Waals surface area contributed by atoms with E-state index in [-0.39, 0.29) is 5.91 Å². The predicted octanol–water partition coefficient (Wildman–Crippen LogP) is 5.86. The number of nitrogens with zero attached hydrogens (tertiary/aromatic N) is 2. The molecule has 0 fully saturated rings. The lowest BCUT2D eigenvalue weighted by Crippen LogP contribution is -2.13. The van der Waals surface area contributed by atoms with Crippen molar-refractivity contribution in [3.63, 3.8) is 0 Å². The van der Waals surface area contributed by atoms with Crippen LogP contribution in [-0.2, 0) is 5.75 Å². The maximum atomic E-state index is 13.0. The molecule has 0 saturated carbocycles. The van der Waals surface area contributed by atoms with Crippen molar-refractivity contribution in [1.82, 2.24) is 10.2 Å². The second-order valence-corrected chi connectivity index (χ2v) is 9.19. The Morgan fingerprint density at radius 1 is 1.14 bits per heavy atom. The quantitative estimate of drug-likeness (QED) is 0.389. The van der Waals surface area contributed by atoms with Gasteiger partial charge in [-0.25, -0.2) is 0 Å². The Hall–Kier alpha value is -2.29. The molecule has 0 saturated heterocycles.